The van der Waals surface area contributed by atoms with Crippen LogP contribution in [0.4, 0.5) is 5.69 Å². The highest BCUT2D eigenvalue weighted by Gasteiger charge is 2.13. The first kappa shape index (κ1) is 14.9. The Labute approximate surface area is 122 Å². The Morgan fingerprint density at radius 3 is 3.05 bits per heavy atom. The molecule has 1 aromatic carbocycles. The Morgan fingerprint density at radius 1 is 1.55 bits per heavy atom. The van der Waals surface area contributed by atoms with Gasteiger partial charge in [-0.3, -0.25) is 4.79 Å². The number of thioether (sulfide) groups is 1. The molecule has 108 valence electrons. The minimum atomic E-state index is -0.485. The van der Waals surface area contributed by atoms with E-state index in [2.05, 4.69) is 10.3 Å². The number of aryl methyl sites for hydroxylation is 1. The Bertz CT molecular complexity index is 597. The standard InChI is InChI=1S/C14H19N3O2S/c1-3-13-17-11-8-9(4-5-12(11)19-13)16-14(18)10(15)6-7-20-2/h4-5,8,10H,3,6-7,15H2,1-2H3,(H,16,18)/t10-/m1/s1. The molecule has 0 saturated carbocycles. The quantitative estimate of drug-likeness (QED) is 0.854. The summed E-state index contributed by atoms with van der Waals surface area (Å²) in [5.41, 5.74) is 8.00. The predicted molar refractivity (Wildman–Crippen MR) is 83.0 cm³/mol. The first-order valence-electron chi connectivity index (χ1n) is 6.59. The largest absolute Gasteiger partial charge is 0.441 e. The van der Waals surface area contributed by atoms with Crippen molar-refractivity contribution in [1.29, 1.82) is 0 Å². The predicted octanol–water partition coefficient (Wildman–Crippen LogP) is 2.41. The van der Waals surface area contributed by atoms with Crippen LogP contribution in [0.25, 0.3) is 11.1 Å². The summed E-state index contributed by atoms with van der Waals surface area (Å²) in [6.45, 7) is 1.98. The Hall–Kier alpha value is -1.53. The van der Waals surface area contributed by atoms with Gasteiger partial charge in [0.25, 0.3) is 0 Å². The van der Waals surface area contributed by atoms with Gasteiger partial charge in [0.15, 0.2) is 11.5 Å². The molecular formula is C14H19N3O2S. The number of benzene rings is 1. The van der Waals surface area contributed by atoms with E-state index in [-0.39, 0.29) is 5.91 Å². The molecule has 1 atom stereocenters. The lowest BCUT2D eigenvalue weighted by Crippen LogP contribution is -2.36. The van der Waals surface area contributed by atoms with Crippen LogP contribution in [-0.2, 0) is 11.2 Å². The van der Waals surface area contributed by atoms with Crippen LogP contribution in [0.1, 0.15) is 19.2 Å². The van der Waals surface area contributed by atoms with Crippen LogP contribution in [0.3, 0.4) is 0 Å². The molecule has 1 amide bonds. The van der Waals surface area contributed by atoms with Gasteiger partial charge in [-0.2, -0.15) is 11.8 Å². The molecule has 0 fully saturated rings. The van der Waals surface area contributed by atoms with Gasteiger partial charge in [0, 0.05) is 12.1 Å². The van der Waals surface area contributed by atoms with Crippen LogP contribution in [0.5, 0.6) is 0 Å². The van der Waals surface area contributed by atoms with E-state index in [0.717, 1.165) is 23.3 Å². The van der Waals surface area contributed by atoms with Crippen molar-refractivity contribution in [3.05, 3.63) is 24.1 Å². The van der Waals surface area contributed by atoms with Crippen molar-refractivity contribution in [2.24, 2.45) is 5.73 Å². The highest BCUT2D eigenvalue weighted by Crippen LogP contribution is 2.20. The minimum absolute atomic E-state index is 0.169. The molecule has 5 nitrogen and oxygen atoms in total. The number of nitrogens with zero attached hydrogens (tertiary/aromatic N) is 1. The van der Waals surface area contributed by atoms with Gasteiger partial charge in [-0.25, -0.2) is 4.98 Å². The van der Waals surface area contributed by atoms with Gasteiger partial charge in [0.2, 0.25) is 5.91 Å². The smallest absolute Gasteiger partial charge is 0.241 e. The first-order chi connectivity index (χ1) is 9.63. The number of hydrogen-bond donors (Lipinski definition) is 2. The molecule has 0 aliphatic rings. The molecule has 0 saturated heterocycles. The molecular weight excluding hydrogens is 274 g/mol. The topological polar surface area (TPSA) is 81.2 Å². The summed E-state index contributed by atoms with van der Waals surface area (Å²) in [5, 5.41) is 2.82. The number of carbonyl (C=O) groups is 1. The van der Waals surface area contributed by atoms with Crippen molar-refractivity contribution in [2.45, 2.75) is 25.8 Å². The average Bonchev–Trinajstić information content (AvgIpc) is 2.86. The van der Waals surface area contributed by atoms with E-state index in [1.54, 1.807) is 23.9 Å². The number of fused-ring (bicyclic) bond motifs is 1. The molecule has 0 spiro atoms. The number of aromatic nitrogens is 1. The van der Waals surface area contributed by atoms with E-state index in [1.165, 1.54) is 0 Å². The zero-order chi connectivity index (χ0) is 14.5. The van der Waals surface area contributed by atoms with E-state index < -0.39 is 6.04 Å². The van der Waals surface area contributed by atoms with Gasteiger partial charge in [-0.05, 0) is 36.6 Å². The van der Waals surface area contributed by atoms with Crippen LogP contribution in [-0.4, -0.2) is 28.9 Å². The molecule has 0 unspecified atom stereocenters. The first-order valence-corrected chi connectivity index (χ1v) is 7.98. The van der Waals surface area contributed by atoms with E-state index in [9.17, 15) is 4.79 Å². The third-order valence-corrected chi connectivity index (χ3v) is 3.62. The van der Waals surface area contributed by atoms with Crippen molar-refractivity contribution < 1.29 is 9.21 Å². The van der Waals surface area contributed by atoms with Crippen LogP contribution in [0.15, 0.2) is 22.6 Å². The maximum absolute atomic E-state index is 11.9. The zero-order valence-electron chi connectivity index (χ0n) is 11.7. The summed E-state index contributed by atoms with van der Waals surface area (Å²) in [5.74, 6) is 1.40. The minimum Gasteiger partial charge on any atom is -0.441 e. The molecule has 0 bridgehead atoms. The molecule has 3 N–H and O–H groups in total. The molecule has 2 rings (SSSR count). The Kier molecular flexibility index (Phi) is 5.03. The van der Waals surface area contributed by atoms with E-state index in [4.69, 9.17) is 10.2 Å². The van der Waals surface area contributed by atoms with Crippen LogP contribution >= 0.6 is 11.8 Å². The van der Waals surface area contributed by atoms with E-state index in [0.29, 0.717) is 18.0 Å². The van der Waals surface area contributed by atoms with E-state index in [1.807, 2.05) is 19.2 Å². The number of rotatable bonds is 6. The van der Waals surface area contributed by atoms with Gasteiger partial charge >= 0.3 is 0 Å². The van der Waals surface area contributed by atoms with Crippen molar-refractivity contribution in [2.75, 3.05) is 17.3 Å². The third-order valence-electron chi connectivity index (χ3n) is 2.97. The van der Waals surface area contributed by atoms with Crippen molar-refractivity contribution >= 4 is 34.5 Å². The van der Waals surface area contributed by atoms with Gasteiger partial charge in [-0.15, -0.1) is 0 Å². The van der Waals surface area contributed by atoms with Gasteiger partial charge in [-0.1, -0.05) is 6.92 Å². The highest BCUT2D eigenvalue weighted by molar-refractivity contribution is 7.98. The molecule has 1 aromatic heterocycles. The molecule has 0 aliphatic carbocycles. The second kappa shape index (κ2) is 6.76. The number of nitrogens with one attached hydrogen (secondary N) is 1. The molecule has 0 aliphatic heterocycles. The lowest BCUT2D eigenvalue weighted by atomic mass is 10.2. The highest BCUT2D eigenvalue weighted by atomic mass is 32.2. The maximum atomic E-state index is 11.9. The molecule has 6 heteroatoms. The third kappa shape index (κ3) is 3.52. The number of anilines is 1. The fourth-order valence-corrected chi connectivity index (χ4v) is 2.30. The lowest BCUT2D eigenvalue weighted by molar-refractivity contribution is -0.117. The summed E-state index contributed by atoms with van der Waals surface area (Å²) in [4.78, 5) is 16.3. The zero-order valence-corrected chi connectivity index (χ0v) is 12.5. The molecule has 2 aromatic rings. The normalized spacial score (nSPS) is 12.6. The van der Waals surface area contributed by atoms with Crippen LogP contribution in [0, 0.1) is 0 Å². The second-order valence-electron chi connectivity index (χ2n) is 4.52. The summed E-state index contributed by atoms with van der Waals surface area (Å²) in [6, 6.07) is 4.93. The molecule has 1 heterocycles. The molecule has 20 heavy (non-hydrogen) atoms. The van der Waals surface area contributed by atoms with Crippen LogP contribution < -0.4 is 11.1 Å². The lowest BCUT2D eigenvalue weighted by Gasteiger charge is -2.11. The van der Waals surface area contributed by atoms with Crippen molar-refractivity contribution in [1.82, 2.24) is 4.98 Å². The SMILES string of the molecule is CCc1nc2cc(NC(=O)[C@H](N)CCSC)ccc2o1. The number of carbonyl (C=O) groups excluding carboxylic acids is 1. The summed E-state index contributed by atoms with van der Waals surface area (Å²) >= 11 is 1.68. The van der Waals surface area contributed by atoms with Crippen LogP contribution in [0.2, 0.25) is 0 Å². The number of amides is 1. The van der Waals surface area contributed by atoms with E-state index >= 15 is 0 Å². The maximum Gasteiger partial charge on any atom is 0.241 e. The summed E-state index contributed by atoms with van der Waals surface area (Å²) in [6.07, 6.45) is 3.41. The average molecular weight is 293 g/mol. The van der Waals surface area contributed by atoms with Gasteiger partial charge in [0.05, 0.1) is 6.04 Å². The number of nitrogens with two attached hydrogens (primary N) is 1. The Morgan fingerprint density at radius 2 is 2.35 bits per heavy atom. The monoisotopic (exact) mass is 293 g/mol. The van der Waals surface area contributed by atoms with Crippen molar-refractivity contribution in [3.63, 3.8) is 0 Å². The molecule has 0 radical (unpaired) electrons. The fourth-order valence-electron chi connectivity index (χ4n) is 1.81. The number of oxazole rings is 1. The van der Waals surface area contributed by atoms with Crippen molar-refractivity contribution in [3.8, 4) is 0 Å². The number of hydrogen-bond acceptors (Lipinski definition) is 5. The Balaban J connectivity index is 2.07. The fraction of sp³-hybridized carbons (Fsp3) is 0.429. The summed E-state index contributed by atoms with van der Waals surface area (Å²) in [7, 11) is 0. The van der Waals surface area contributed by atoms with Gasteiger partial charge in [0.1, 0.15) is 5.52 Å². The second-order valence-corrected chi connectivity index (χ2v) is 5.51. The van der Waals surface area contributed by atoms with Gasteiger partial charge < -0.3 is 15.5 Å². The summed E-state index contributed by atoms with van der Waals surface area (Å²) < 4.78 is 5.53.